The Morgan fingerprint density at radius 3 is 0.972 bits per heavy atom. The van der Waals surface area contributed by atoms with Crippen LogP contribution in [0.1, 0.15) is 0 Å². The zero-order valence-corrected chi connectivity index (χ0v) is 39.0. The second-order valence-electron chi connectivity index (χ2n) is 17.8. The normalized spacial score (nSPS) is 11.3. The van der Waals surface area contributed by atoms with Crippen molar-refractivity contribution in [1.29, 1.82) is 0 Å². The van der Waals surface area contributed by atoms with Crippen LogP contribution < -0.4 is 9.80 Å². The molecule has 8 nitrogen and oxygen atoms in total. The Balaban J connectivity index is 0.740. The van der Waals surface area contributed by atoms with Gasteiger partial charge in [0.25, 0.3) is 0 Å². The van der Waals surface area contributed by atoms with E-state index in [1.165, 1.54) is 21.9 Å². The molecule has 0 aliphatic carbocycles. The molecule has 13 rings (SSSR count). The average molecular weight is 925 g/mol. The first-order chi connectivity index (χ1) is 35.6. The first-order valence-corrected chi connectivity index (χ1v) is 24.0. The fourth-order valence-corrected chi connectivity index (χ4v) is 9.54. The van der Waals surface area contributed by atoms with E-state index in [1.807, 2.05) is 72.8 Å². The van der Waals surface area contributed by atoms with Crippen molar-refractivity contribution in [2.24, 2.45) is 0 Å². The highest BCUT2D eigenvalue weighted by Crippen LogP contribution is 2.40. The number of hydrogen-bond acceptors (Lipinski definition) is 6. The Labute approximate surface area is 416 Å². The SMILES string of the molecule is c1ccc(N(c2ccc(-c3ccc(-c4ccc(-c5ccc(N(c6ccc7ccccc7c6)c6ccc7nn(-c8ccccc8)nc7c6)cc5)cc4)cc3)cc2)c2ccc3nn(-c4ccccc4)nc3c2)cc1. The summed E-state index contributed by atoms with van der Waals surface area (Å²) < 4.78 is 0. The maximum absolute atomic E-state index is 4.88. The third-order valence-electron chi connectivity index (χ3n) is 13.2. The quantitative estimate of drug-likeness (QED) is 0.129. The van der Waals surface area contributed by atoms with Gasteiger partial charge in [-0.1, -0.05) is 158 Å². The molecule has 0 atom stereocenters. The van der Waals surface area contributed by atoms with E-state index in [9.17, 15) is 0 Å². The van der Waals surface area contributed by atoms with E-state index in [0.29, 0.717) is 0 Å². The summed E-state index contributed by atoms with van der Waals surface area (Å²) in [4.78, 5) is 7.95. The molecule has 0 radical (unpaired) electrons. The van der Waals surface area contributed by atoms with E-state index in [1.54, 1.807) is 9.59 Å². The van der Waals surface area contributed by atoms with Gasteiger partial charge in [0.1, 0.15) is 22.1 Å². The smallest absolute Gasteiger partial charge is 0.115 e. The van der Waals surface area contributed by atoms with E-state index in [-0.39, 0.29) is 0 Å². The summed E-state index contributed by atoms with van der Waals surface area (Å²) in [6.45, 7) is 0. The maximum atomic E-state index is 4.88. The fourth-order valence-electron chi connectivity index (χ4n) is 9.54. The monoisotopic (exact) mass is 924 g/mol. The third kappa shape index (κ3) is 8.18. The van der Waals surface area contributed by atoms with Crippen molar-refractivity contribution in [3.05, 3.63) is 267 Å². The van der Waals surface area contributed by atoms with Crippen LogP contribution in [0, 0.1) is 0 Å². The summed E-state index contributed by atoms with van der Waals surface area (Å²) in [6.07, 6.45) is 0. The van der Waals surface area contributed by atoms with Gasteiger partial charge in [-0.15, -0.1) is 20.4 Å². The zero-order chi connectivity index (χ0) is 47.8. The van der Waals surface area contributed by atoms with Crippen molar-refractivity contribution in [3.63, 3.8) is 0 Å². The molecule has 0 saturated carbocycles. The first kappa shape index (κ1) is 42.2. The van der Waals surface area contributed by atoms with Crippen LogP contribution in [0.4, 0.5) is 34.1 Å². The Morgan fingerprint density at radius 2 is 0.528 bits per heavy atom. The van der Waals surface area contributed by atoms with Crippen molar-refractivity contribution < 1.29 is 0 Å². The molecular formula is C64H44N8. The lowest BCUT2D eigenvalue weighted by Crippen LogP contribution is -2.09. The molecule has 13 aromatic rings. The predicted octanol–water partition coefficient (Wildman–Crippen LogP) is 16.2. The molecule has 0 bridgehead atoms. The van der Waals surface area contributed by atoms with Crippen molar-refractivity contribution >= 4 is 67.0 Å². The summed E-state index contributed by atoms with van der Waals surface area (Å²) in [5, 5.41) is 21.6. The molecule has 0 aliphatic rings. The van der Waals surface area contributed by atoms with Gasteiger partial charge in [-0.05, 0) is 153 Å². The maximum Gasteiger partial charge on any atom is 0.115 e. The molecule has 2 heterocycles. The number of fused-ring (bicyclic) bond motifs is 3. The van der Waals surface area contributed by atoms with Crippen LogP contribution in [-0.2, 0) is 0 Å². The zero-order valence-electron chi connectivity index (χ0n) is 39.0. The van der Waals surface area contributed by atoms with Crippen molar-refractivity contribution in [2.45, 2.75) is 0 Å². The molecule has 0 N–H and O–H groups in total. The lowest BCUT2D eigenvalue weighted by atomic mass is 9.98. The van der Waals surface area contributed by atoms with Gasteiger partial charge in [0, 0.05) is 34.1 Å². The van der Waals surface area contributed by atoms with Crippen molar-refractivity contribution in [2.75, 3.05) is 9.80 Å². The Bertz CT molecular complexity index is 4000. The van der Waals surface area contributed by atoms with Crippen LogP contribution in [-0.4, -0.2) is 30.0 Å². The lowest BCUT2D eigenvalue weighted by Gasteiger charge is -2.26. The summed E-state index contributed by atoms with van der Waals surface area (Å²) in [6, 6.07) is 93.4. The summed E-state index contributed by atoms with van der Waals surface area (Å²) >= 11 is 0. The average Bonchev–Trinajstić information content (AvgIpc) is 4.09. The fraction of sp³-hybridized carbons (Fsp3) is 0. The summed E-state index contributed by atoms with van der Waals surface area (Å²) in [5.74, 6) is 0. The van der Waals surface area contributed by atoms with Gasteiger partial charge >= 0.3 is 0 Å². The Hall–Kier alpha value is -9.92. The van der Waals surface area contributed by atoms with Gasteiger partial charge in [-0.2, -0.15) is 9.59 Å². The van der Waals surface area contributed by atoms with Crippen LogP contribution in [0.5, 0.6) is 0 Å². The Kier molecular flexibility index (Phi) is 10.7. The van der Waals surface area contributed by atoms with Crippen LogP contribution in [0.2, 0.25) is 0 Å². The standard InChI is InChI=1S/C64H44N8/c1-4-14-53(15-5-1)69(59-38-40-61-63(43-59)67-71(65-61)56-16-6-2-7-17-56)54-33-28-50(29-34-54)48-24-20-46(21-25-48)47-22-26-49(27-23-47)51-30-35-55(36-31-51)70(58-37-32-45-12-10-11-13-52(45)42-58)60-39-41-62-64(44-60)68-72(66-62)57-18-8-3-9-19-57/h1-44H. The number of anilines is 6. The number of rotatable bonds is 11. The van der Waals surface area contributed by atoms with E-state index in [0.717, 1.165) is 89.8 Å². The van der Waals surface area contributed by atoms with Gasteiger partial charge in [-0.25, -0.2) is 0 Å². The van der Waals surface area contributed by atoms with Gasteiger partial charge in [-0.3, -0.25) is 0 Å². The summed E-state index contributed by atoms with van der Waals surface area (Å²) in [5.41, 5.74) is 18.4. The number of hydrogen-bond donors (Lipinski definition) is 0. The van der Waals surface area contributed by atoms with Crippen LogP contribution in [0.15, 0.2) is 267 Å². The van der Waals surface area contributed by atoms with Crippen LogP contribution >= 0.6 is 0 Å². The number of nitrogens with zero attached hydrogens (tertiary/aromatic N) is 8. The summed E-state index contributed by atoms with van der Waals surface area (Å²) in [7, 11) is 0. The minimum absolute atomic E-state index is 0.825. The molecule has 72 heavy (non-hydrogen) atoms. The van der Waals surface area contributed by atoms with E-state index in [4.69, 9.17) is 20.4 Å². The number of benzene rings is 11. The molecule has 0 unspecified atom stereocenters. The Morgan fingerprint density at radius 1 is 0.222 bits per heavy atom. The second kappa shape index (κ2) is 18.2. The minimum Gasteiger partial charge on any atom is -0.310 e. The highest BCUT2D eigenvalue weighted by Gasteiger charge is 2.18. The number of para-hydroxylation sites is 3. The molecule has 0 spiro atoms. The third-order valence-corrected chi connectivity index (χ3v) is 13.2. The molecule has 2 aromatic heterocycles. The van der Waals surface area contributed by atoms with E-state index >= 15 is 0 Å². The highest BCUT2D eigenvalue weighted by molar-refractivity contribution is 5.92. The van der Waals surface area contributed by atoms with Crippen LogP contribution in [0.25, 0.3) is 77.6 Å². The molecule has 8 heteroatoms. The van der Waals surface area contributed by atoms with E-state index in [2.05, 4.69) is 204 Å². The van der Waals surface area contributed by atoms with Gasteiger partial charge < -0.3 is 9.80 Å². The molecule has 0 amide bonds. The minimum atomic E-state index is 0.825. The largest absolute Gasteiger partial charge is 0.310 e. The molecule has 11 aromatic carbocycles. The van der Waals surface area contributed by atoms with Crippen LogP contribution in [0.3, 0.4) is 0 Å². The first-order valence-electron chi connectivity index (χ1n) is 24.0. The molecule has 340 valence electrons. The number of aromatic nitrogens is 6. The molecule has 0 saturated heterocycles. The van der Waals surface area contributed by atoms with Gasteiger partial charge in [0.15, 0.2) is 0 Å². The molecule has 0 fully saturated rings. The topological polar surface area (TPSA) is 67.9 Å². The van der Waals surface area contributed by atoms with E-state index < -0.39 is 0 Å². The van der Waals surface area contributed by atoms with Crippen molar-refractivity contribution in [3.8, 4) is 44.8 Å². The second-order valence-corrected chi connectivity index (χ2v) is 17.8. The molecule has 0 aliphatic heterocycles. The highest BCUT2D eigenvalue weighted by atomic mass is 15.5. The van der Waals surface area contributed by atoms with Gasteiger partial charge in [0.2, 0.25) is 0 Å². The molecular weight excluding hydrogens is 881 g/mol. The van der Waals surface area contributed by atoms with Crippen molar-refractivity contribution in [1.82, 2.24) is 30.0 Å². The lowest BCUT2D eigenvalue weighted by molar-refractivity contribution is 0.765. The predicted molar refractivity (Wildman–Crippen MR) is 294 cm³/mol. The van der Waals surface area contributed by atoms with Gasteiger partial charge in [0.05, 0.1) is 11.4 Å².